The van der Waals surface area contributed by atoms with E-state index >= 15 is 0 Å². The van der Waals surface area contributed by atoms with Gasteiger partial charge in [0.15, 0.2) is 5.96 Å². The SMILES string of the molecule is CN=C(NCc1cccc(C(=O)NCC2CCCO2)c1)N(C)CCC1CCOCC1.I. The van der Waals surface area contributed by atoms with Crippen LogP contribution in [0, 0.1) is 5.92 Å². The molecule has 0 spiro atoms. The van der Waals surface area contributed by atoms with E-state index in [0.717, 1.165) is 75.9 Å². The first-order chi connectivity index (χ1) is 14.7. The third-order valence-electron chi connectivity index (χ3n) is 5.94. The first-order valence-electron chi connectivity index (χ1n) is 11.1. The van der Waals surface area contributed by atoms with Crippen molar-refractivity contribution in [2.45, 2.75) is 44.8 Å². The van der Waals surface area contributed by atoms with Gasteiger partial charge in [-0.25, -0.2) is 0 Å². The number of nitrogens with one attached hydrogen (secondary N) is 2. The number of rotatable bonds is 8. The van der Waals surface area contributed by atoms with Gasteiger partial charge >= 0.3 is 0 Å². The van der Waals surface area contributed by atoms with Crippen LogP contribution in [0.2, 0.25) is 0 Å². The van der Waals surface area contributed by atoms with Crippen molar-refractivity contribution in [2.75, 3.05) is 47.0 Å². The van der Waals surface area contributed by atoms with Crippen molar-refractivity contribution in [3.8, 4) is 0 Å². The van der Waals surface area contributed by atoms with Crippen molar-refractivity contribution >= 4 is 35.8 Å². The molecule has 2 fully saturated rings. The topological polar surface area (TPSA) is 75.2 Å². The molecule has 8 heteroatoms. The molecule has 1 amide bonds. The van der Waals surface area contributed by atoms with Gasteiger partial charge in [0.2, 0.25) is 0 Å². The van der Waals surface area contributed by atoms with E-state index in [1.807, 2.05) is 31.3 Å². The standard InChI is InChI=1S/C23H36N4O3.HI/c1-24-23(27(2)11-8-18-9-13-29-14-10-18)26-16-19-5-3-6-20(15-19)22(28)25-17-21-7-4-12-30-21;/h3,5-6,15,18,21H,4,7-14,16-17H2,1-2H3,(H,24,26)(H,25,28);1H. The van der Waals surface area contributed by atoms with Gasteiger partial charge < -0.3 is 25.0 Å². The van der Waals surface area contributed by atoms with E-state index in [9.17, 15) is 4.79 Å². The minimum absolute atomic E-state index is 0. The number of ether oxygens (including phenoxy) is 2. The van der Waals surface area contributed by atoms with Gasteiger partial charge in [-0.1, -0.05) is 12.1 Å². The second-order valence-electron chi connectivity index (χ2n) is 8.21. The molecule has 0 aromatic heterocycles. The molecule has 174 valence electrons. The molecule has 2 aliphatic rings. The highest BCUT2D eigenvalue weighted by Crippen LogP contribution is 2.18. The zero-order chi connectivity index (χ0) is 21.2. The van der Waals surface area contributed by atoms with E-state index < -0.39 is 0 Å². The minimum Gasteiger partial charge on any atom is -0.381 e. The molecule has 1 aromatic rings. The lowest BCUT2D eigenvalue weighted by Gasteiger charge is -2.26. The molecule has 3 rings (SSSR count). The van der Waals surface area contributed by atoms with Crippen LogP contribution in [0.15, 0.2) is 29.3 Å². The second-order valence-corrected chi connectivity index (χ2v) is 8.21. The van der Waals surface area contributed by atoms with Crippen molar-refractivity contribution < 1.29 is 14.3 Å². The third kappa shape index (κ3) is 8.57. The summed E-state index contributed by atoms with van der Waals surface area (Å²) in [6.45, 7) is 4.74. The van der Waals surface area contributed by atoms with Crippen LogP contribution in [0.25, 0.3) is 0 Å². The van der Waals surface area contributed by atoms with Gasteiger partial charge in [-0.3, -0.25) is 9.79 Å². The first-order valence-corrected chi connectivity index (χ1v) is 11.1. The number of aliphatic imine (C=N–C) groups is 1. The fourth-order valence-corrected chi connectivity index (χ4v) is 4.02. The lowest BCUT2D eigenvalue weighted by atomic mass is 9.96. The van der Waals surface area contributed by atoms with E-state index in [0.29, 0.717) is 18.7 Å². The van der Waals surface area contributed by atoms with Crippen LogP contribution in [-0.2, 0) is 16.0 Å². The molecule has 2 aliphatic heterocycles. The number of carbonyl (C=O) groups excluding carboxylic acids is 1. The number of benzene rings is 1. The van der Waals surface area contributed by atoms with Crippen molar-refractivity contribution in [2.24, 2.45) is 10.9 Å². The van der Waals surface area contributed by atoms with Gasteiger partial charge in [-0.15, -0.1) is 24.0 Å². The summed E-state index contributed by atoms with van der Waals surface area (Å²) in [4.78, 5) is 19.0. The fraction of sp³-hybridized carbons (Fsp3) is 0.652. The Morgan fingerprint density at radius 1 is 1.19 bits per heavy atom. The summed E-state index contributed by atoms with van der Waals surface area (Å²) in [7, 11) is 3.88. The Morgan fingerprint density at radius 3 is 2.71 bits per heavy atom. The summed E-state index contributed by atoms with van der Waals surface area (Å²) in [6, 6.07) is 7.74. The Balaban J connectivity index is 0.00000341. The van der Waals surface area contributed by atoms with Gasteiger partial charge in [0.1, 0.15) is 0 Å². The Bertz CT molecular complexity index is 704. The molecule has 0 aliphatic carbocycles. The molecule has 2 saturated heterocycles. The summed E-state index contributed by atoms with van der Waals surface area (Å²) < 4.78 is 11.0. The van der Waals surface area contributed by atoms with Crippen LogP contribution in [-0.4, -0.2) is 69.9 Å². The van der Waals surface area contributed by atoms with Gasteiger partial charge in [0, 0.05) is 59.1 Å². The van der Waals surface area contributed by atoms with E-state index in [1.54, 1.807) is 0 Å². The highest BCUT2D eigenvalue weighted by molar-refractivity contribution is 14.0. The maximum Gasteiger partial charge on any atom is 0.251 e. The molecule has 31 heavy (non-hydrogen) atoms. The summed E-state index contributed by atoms with van der Waals surface area (Å²) >= 11 is 0. The number of amides is 1. The van der Waals surface area contributed by atoms with Crippen molar-refractivity contribution in [3.63, 3.8) is 0 Å². The fourth-order valence-electron chi connectivity index (χ4n) is 4.02. The number of guanidine groups is 1. The quantitative estimate of drug-likeness (QED) is 0.299. The smallest absolute Gasteiger partial charge is 0.251 e. The van der Waals surface area contributed by atoms with E-state index in [2.05, 4.69) is 27.6 Å². The molecule has 0 radical (unpaired) electrons. The maximum absolute atomic E-state index is 12.5. The van der Waals surface area contributed by atoms with Crippen LogP contribution in [0.1, 0.15) is 48.0 Å². The van der Waals surface area contributed by atoms with E-state index in [1.165, 1.54) is 0 Å². The molecule has 0 bridgehead atoms. The van der Waals surface area contributed by atoms with Crippen LogP contribution in [0.5, 0.6) is 0 Å². The Morgan fingerprint density at radius 2 is 2.00 bits per heavy atom. The monoisotopic (exact) mass is 544 g/mol. The average molecular weight is 544 g/mol. The van der Waals surface area contributed by atoms with Gasteiger partial charge in [-0.2, -0.15) is 0 Å². The summed E-state index contributed by atoms with van der Waals surface area (Å²) in [5, 5.41) is 6.40. The largest absolute Gasteiger partial charge is 0.381 e. The van der Waals surface area contributed by atoms with Crippen molar-refractivity contribution in [1.82, 2.24) is 15.5 Å². The Labute approximate surface area is 203 Å². The average Bonchev–Trinajstić information content (AvgIpc) is 3.31. The number of hydrogen-bond acceptors (Lipinski definition) is 4. The predicted octanol–water partition coefficient (Wildman–Crippen LogP) is 3.04. The summed E-state index contributed by atoms with van der Waals surface area (Å²) in [6.07, 6.45) is 5.71. The molecule has 2 N–H and O–H groups in total. The number of halogens is 1. The Kier molecular flexibility index (Phi) is 11.6. The van der Waals surface area contributed by atoms with E-state index in [4.69, 9.17) is 9.47 Å². The zero-order valence-electron chi connectivity index (χ0n) is 18.8. The van der Waals surface area contributed by atoms with Crippen LogP contribution in [0.4, 0.5) is 0 Å². The zero-order valence-corrected chi connectivity index (χ0v) is 21.1. The van der Waals surface area contributed by atoms with Crippen molar-refractivity contribution in [3.05, 3.63) is 35.4 Å². The lowest BCUT2D eigenvalue weighted by molar-refractivity contribution is 0.0625. The summed E-state index contributed by atoms with van der Waals surface area (Å²) in [5.74, 6) is 1.56. The minimum atomic E-state index is -0.0506. The van der Waals surface area contributed by atoms with Crippen molar-refractivity contribution in [1.29, 1.82) is 0 Å². The number of nitrogens with zero attached hydrogens (tertiary/aromatic N) is 2. The van der Waals surface area contributed by atoms with E-state index in [-0.39, 0.29) is 36.0 Å². The molecule has 0 saturated carbocycles. The normalized spacial score (nSPS) is 19.5. The molecule has 1 aromatic carbocycles. The molecule has 1 unspecified atom stereocenters. The van der Waals surface area contributed by atoms with Crippen LogP contribution >= 0.6 is 24.0 Å². The second kappa shape index (κ2) is 13.9. The molecular weight excluding hydrogens is 507 g/mol. The first kappa shape index (κ1) is 25.9. The highest BCUT2D eigenvalue weighted by atomic mass is 127. The summed E-state index contributed by atoms with van der Waals surface area (Å²) in [5.41, 5.74) is 1.73. The molecule has 2 heterocycles. The predicted molar refractivity (Wildman–Crippen MR) is 134 cm³/mol. The Hall–Kier alpha value is -1.39. The number of carbonyl (C=O) groups is 1. The molecule has 7 nitrogen and oxygen atoms in total. The van der Waals surface area contributed by atoms with Gasteiger partial charge in [0.05, 0.1) is 6.10 Å². The van der Waals surface area contributed by atoms with Crippen LogP contribution in [0.3, 0.4) is 0 Å². The maximum atomic E-state index is 12.5. The number of hydrogen-bond donors (Lipinski definition) is 2. The van der Waals surface area contributed by atoms with Crippen LogP contribution < -0.4 is 10.6 Å². The van der Waals surface area contributed by atoms with Gasteiger partial charge in [0.25, 0.3) is 5.91 Å². The highest BCUT2D eigenvalue weighted by Gasteiger charge is 2.17. The lowest BCUT2D eigenvalue weighted by Crippen LogP contribution is -2.39. The van der Waals surface area contributed by atoms with Gasteiger partial charge in [-0.05, 0) is 55.7 Å². The third-order valence-corrected chi connectivity index (χ3v) is 5.94. The molecular formula is C23H37IN4O3. The molecule has 1 atom stereocenters.